The van der Waals surface area contributed by atoms with Crippen LogP contribution in [0.3, 0.4) is 0 Å². The number of rotatable bonds is 27. The van der Waals surface area contributed by atoms with Gasteiger partial charge in [-0.15, -0.1) is 0 Å². The van der Waals surface area contributed by atoms with Crippen LogP contribution in [-0.2, 0) is 38.0 Å². The first-order valence-corrected chi connectivity index (χ1v) is 13.1. The predicted molar refractivity (Wildman–Crippen MR) is 137 cm³/mol. The van der Waals surface area contributed by atoms with E-state index in [1.165, 1.54) is 0 Å². The van der Waals surface area contributed by atoms with E-state index in [-0.39, 0.29) is 12.6 Å². The minimum Gasteiger partial charge on any atom is -0.491 e. The molecule has 0 spiro atoms. The molecule has 1 rings (SSSR count). The first kappa shape index (κ1) is 32.9. The molecule has 37 heavy (non-hydrogen) atoms. The maximum atomic E-state index is 11.4. The summed E-state index contributed by atoms with van der Waals surface area (Å²) < 4.78 is 43.1. The van der Waals surface area contributed by atoms with Crippen LogP contribution in [-0.4, -0.2) is 105 Å². The summed E-state index contributed by atoms with van der Waals surface area (Å²) in [6, 6.07) is 6.92. The average Bonchev–Trinajstić information content (AvgIpc) is 2.92. The Kier molecular flexibility index (Phi) is 22.8. The van der Waals surface area contributed by atoms with Crippen LogP contribution in [0.25, 0.3) is 0 Å². The van der Waals surface area contributed by atoms with Gasteiger partial charge in [-0.05, 0) is 30.7 Å². The van der Waals surface area contributed by atoms with Crippen LogP contribution in [0, 0.1) is 0 Å². The van der Waals surface area contributed by atoms with Crippen molar-refractivity contribution in [3.63, 3.8) is 0 Å². The molecular weight excluding hydrogens is 484 g/mol. The van der Waals surface area contributed by atoms with Gasteiger partial charge in [0, 0.05) is 12.0 Å². The summed E-state index contributed by atoms with van der Waals surface area (Å²) >= 11 is 0. The molecule has 1 aromatic carbocycles. The summed E-state index contributed by atoms with van der Waals surface area (Å²) in [6.45, 7) is 8.46. The van der Waals surface area contributed by atoms with Crippen LogP contribution in [0.5, 0.6) is 5.75 Å². The number of carbonyl (C=O) groups excluding carboxylic acids is 2. The molecule has 0 aliphatic rings. The molecule has 0 unspecified atom stereocenters. The van der Waals surface area contributed by atoms with Gasteiger partial charge >= 0.3 is 5.97 Å². The summed E-state index contributed by atoms with van der Waals surface area (Å²) in [4.78, 5) is 22.0. The molecule has 0 bridgehead atoms. The van der Waals surface area contributed by atoms with E-state index in [4.69, 9.17) is 37.9 Å². The lowest BCUT2D eigenvalue weighted by atomic mass is 10.2. The summed E-state index contributed by atoms with van der Waals surface area (Å²) in [5.41, 5.74) is 0.618. The first-order valence-electron chi connectivity index (χ1n) is 13.1. The largest absolute Gasteiger partial charge is 0.491 e. The minimum absolute atomic E-state index is 0.161. The normalized spacial score (nSPS) is 10.9. The van der Waals surface area contributed by atoms with Gasteiger partial charge < -0.3 is 37.9 Å². The molecule has 0 fully saturated rings. The van der Waals surface area contributed by atoms with Crippen LogP contribution >= 0.6 is 0 Å². The number of aldehydes is 1. The second-order valence-corrected chi connectivity index (χ2v) is 7.89. The van der Waals surface area contributed by atoms with E-state index in [1.807, 2.05) is 0 Å². The fourth-order valence-corrected chi connectivity index (χ4v) is 2.87. The third-order valence-electron chi connectivity index (χ3n) is 4.85. The smallest absolute Gasteiger partial charge is 0.305 e. The SMILES string of the molecule is CCCCCC(=O)OCCOCCOCCOCCOCCOCCOCCOc1ccc(C=O)cc1. The lowest BCUT2D eigenvalue weighted by Gasteiger charge is -2.09. The van der Waals surface area contributed by atoms with Gasteiger partial charge in [0.1, 0.15) is 25.2 Å². The van der Waals surface area contributed by atoms with Crippen molar-refractivity contribution in [2.45, 2.75) is 32.6 Å². The van der Waals surface area contributed by atoms with E-state index in [2.05, 4.69) is 6.92 Å². The Labute approximate surface area is 220 Å². The van der Waals surface area contributed by atoms with Crippen molar-refractivity contribution in [3.05, 3.63) is 29.8 Å². The van der Waals surface area contributed by atoms with Crippen LogP contribution in [0.2, 0.25) is 0 Å². The van der Waals surface area contributed by atoms with Gasteiger partial charge in [-0.25, -0.2) is 0 Å². The molecule has 0 saturated carbocycles. The molecule has 212 valence electrons. The highest BCUT2D eigenvalue weighted by molar-refractivity contribution is 5.74. The van der Waals surface area contributed by atoms with Gasteiger partial charge in [0.25, 0.3) is 0 Å². The maximum absolute atomic E-state index is 11.4. The van der Waals surface area contributed by atoms with E-state index in [1.54, 1.807) is 24.3 Å². The summed E-state index contributed by atoms with van der Waals surface area (Å²) in [7, 11) is 0. The molecule has 0 radical (unpaired) electrons. The van der Waals surface area contributed by atoms with Gasteiger partial charge in [0.05, 0.1) is 79.3 Å². The lowest BCUT2D eigenvalue weighted by molar-refractivity contribution is -0.145. The van der Waals surface area contributed by atoms with Gasteiger partial charge in [-0.2, -0.15) is 0 Å². The van der Waals surface area contributed by atoms with Crippen molar-refractivity contribution in [2.24, 2.45) is 0 Å². The zero-order valence-electron chi connectivity index (χ0n) is 22.2. The Balaban J connectivity index is 1.70. The second kappa shape index (κ2) is 25.6. The average molecular weight is 529 g/mol. The Morgan fingerprint density at radius 1 is 0.622 bits per heavy atom. The highest BCUT2D eigenvalue weighted by atomic mass is 16.6. The standard InChI is InChI=1S/C27H44O10/c1-2-3-4-5-27(29)37-23-21-35-19-17-33-15-13-31-11-10-30-12-14-32-16-18-34-20-22-36-26-8-6-25(24-28)7-9-26/h6-9,24H,2-5,10-23H2,1H3. The Hall–Kier alpha value is -2.08. The van der Waals surface area contributed by atoms with Gasteiger partial charge in [-0.1, -0.05) is 19.8 Å². The van der Waals surface area contributed by atoms with E-state index in [0.29, 0.717) is 104 Å². The van der Waals surface area contributed by atoms with Crippen molar-refractivity contribution in [2.75, 3.05) is 92.5 Å². The number of hydrogen-bond acceptors (Lipinski definition) is 10. The number of carbonyl (C=O) groups is 2. The van der Waals surface area contributed by atoms with Crippen molar-refractivity contribution in [1.29, 1.82) is 0 Å². The highest BCUT2D eigenvalue weighted by Crippen LogP contribution is 2.10. The second-order valence-electron chi connectivity index (χ2n) is 7.89. The van der Waals surface area contributed by atoms with E-state index >= 15 is 0 Å². The van der Waals surface area contributed by atoms with Crippen LogP contribution in [0.4, 0.5) is 0 Å². The van der Waals surface area contributed by atoms with Gasteiger partial charge in [0.2, 0.25) is 0 Å². The molecule has 0 N–H and O–H groups in total. The van der Waals surface area contributed by atoms with Crippen molar-refractivity contribution in [1.82, 2.24) is 0 Å². The summed E-state index contributed by atoms with van der Waals surface area (Å²) in [5.74, 6) is 0.542. The Bertz CT molecular complexity index is 653. The highest BCUT2D eigenvalue weighted by Gasteiger charge is 2.02. The fraction of sp³-hybridized carbons (Fsp3) is 0.704. The van der Waals surface area contributed by atoms with Crippen LogP contribution in [0.1, 0.15) is 43.0 Å². The van der Waals surface area contributed by atoms with E-state index in [0.717, 1.165) is 25.5 Å². The van der Waals surface area contributed by atoms with Crippen molar-refractivity contribution >= 4 is 12.3 Å². The molecule has 0 saturated heterocycles. The third-order valence-corrected chi connectivity index (χ3v) is 4.85. The van der Waals surface area contributed by atoms with Crippen molar-refractivity contribution < 1.29 is 47.5 Å². The zero-order chi connectivity index (χ0) is 26.7. The molecule has 10 nitrogen and oxygen atoms in total. The quantitative estimate of drug-likeness (QED) is 0.0960. The van der Waals surface area contributed by atoms with Gasteiger partial charge in [0.15, 0.2) is 0 Å². The molecule has 0 heterocycles. The molecule has 1 aromatic rings. The van der Waals surface area contributed by atoms with Crippen LogP contribution in [0.15, 0.2) is 24.3 Å². The number of esters is 1. The zero-order valence-corrected chi connectivity index (χ0v) is 22.2. The Morgan fingerprint density at radius 2 is 1.05 bits per heavy atom. The molecular formula is C27H44O10. The molecule has 10 heteroatoms. The molecule has 0 aliphatic carbocycles. The number of ether oxygens (including phenoxy) is 8. The third kappa shape index (κ3) is 21.7. The topological polar surface area (TPSA) is 108 Å². The Morgan fingerprint density at radius 3 is 1.49 bits per heavy atom. The number of unbranched alkanes of at least 4 members (excludes halogenated alkanes) is 2. The summed E-state index contributed by atoms with van der Waals surface area (Å²) in [6.07, 6.45) is 4.29. The monoisotopic (exact) mass is 528 g/mol. The molecule has 0 aromatic heterocycles. The predicted octanol–water partition coefficient (Wildman–Crippen LogP) is 3.10. The first-order chi connectivity index (χ1) is 18.3. The van der Waals surface area contributed by atoms with Gasteiger partial charge in [-0.3, -0.25) is 9.59 Å². The number of hydrogen-bond donors (Lipinski definition) is 0. The molecule has 0 aliphatic heterocycles. The van der Waals surface area contributed by atoms with E-state index < -0.39 is 0 Å². The van der Waals surface area contributed by atoms with E-state index in [9.17, 15) is 9.59 Å². The van der Waals surface area contributed by atoms with Crippen molar-refractivity contribution in [3.8, 4) is 5.75 Å². The van der Waals surface area contributed by atoms with Crippen LogP contribution < -0.4 is 4.74 Å². The lowest BCUT2D eigenvalue weighted by Crippen LogP contribution is -2.15. The summed E-state index contributed by atoms with van der Waals surface area (Å²) in [5, 5.41) is 0. The maximum Gasteiger partial charge on any atom is 0.305 e. The number of benzene rings is 1. The molecule has 0 amide bonds. The molecule has 0 atom stereocenters. The fourth-order valence-electron chi connectivity index (χ4n) is 2.87. The minimum atomic E-state index is -0.161.